The number of methoxy groups -OCH3 is 1. The zero-order valence-electron chi connectivity index (χ0n) is 12.7. The third-order valence-corrected chi connectivity index (χ3v) is 2.82. The lowest BCUT2D eigenvalue weighted by atomic mass is 10.1. The molecule has 1 aromatic carbocycles. The summed E-state index contributed by atoms with van der Waals surface area (Å²) in [5, 5.41) is 8.86. The van der Waals surface area contributed by atoms with Crippen molar-refractivity contribution in [2.45, 2.75) is 6.42 Å². The molecule has 0 unspecified atom stereocenters. The van der Waals surface area contributed by atoms with E-state index in [4.69, 9.17) is 4.74 Å². The Morgan fingerprint density at radius 2 is 1.90 bits per heavy atom. The molecule has 0 aliphatic carbocycles. The number of nitrogens with one attached hydrogen (secondary N) is 3. The van der Waals surface area contributed by atoms with Gasteiger partial charge >= 0.3 is 0 Å². The average Bonchev–Trinajstić information content (AvgIpc) is 2.52. The van der Waals surface area contributed by atoms with Crippen molar-refractivity contribution in [1.29, 1.82) is 0 Å². The van der Waals surface area contributed by atoms with Crippen molar-refractivity contribution in [3.8, 4) is 0 Å². The number of rotatable bonds is 8. The lowest BCUT2D eigenvalue weighted by Gasteiger charge is -2.11. The zero-order chi connectivity index (χ0) is 15.3. The minimum Gasteiger partial charge on any atom is -0.383 e. The van der Waals surface area contributed by atoms with Gasteiger partial charge in [0, 0.05) is 27.2 Å². The molecule has 0 fully saturated rings. The fourth-order valence-corrected chi connectivity index (χ4v) is 1.71. The second kappa shape index (κ2) is 10.7. The van der Waals surface area contributed by atoms with Crippen molar-refractivity contribution in [3.63, 3.8) is 0 Å². The maximum absolute atomic E-state index is 11.7. The van der Waals surface area contributed by atoms with Crippen molar-refractivity contribution >= 4 is 11.9 Å². The van der Waals surface area contributed by atoms with Crippen LogP contribution in [0.5, 0.6) is 0 Å². The van der Waals surface area contributed by atoms with Crippen molar-refractivity contribution in [1.82, 2.24) is 16.0 Å². The minimum atomic E-state index is -0.0550. The third-order valence-electron chi connectivity index (χ3n) is 2.82. The van der Waals surface area contributed by atoms with Gasteiger partial charge in [-0.1, -0.05) is 30.3 Å². The van der Waals surface area contributed by atoms with Gasteiger partial charge in [0.2, 0.25) is 5.91 Å². The Kier molecular flexibility index (Phi) is 8.63. The molecule has 6 nitrogen and oxygen atoms in total. The molecule has 0 heterocycles. The zero-order valence-corrected chi connectivity index (χ0v) is 12.7. The Labute approximate surface area is 126 Å². The number of carbonyl (C=O) groups excluding carboxylic acids is 1. The summed E-state index contributed by atoms with van der Waals surface area (Å²) < 4.78 is 4.93. The predicted molar refractivity (Wildman–Crippen MR) is 84.4 cm³/mol. The van der Waals surface area contributed by atoms with Gasteiger partial charge in [-0.05, 0) is 12.0 Å². The molecular formula is C15H24N4O2. The highest BCUT2D eigenvalue weighted by atomic mass is 16.5. The van der Waals surface area contributed by atoms with Crippen molar-refractivity contribution in [2.24, 2.45) is 4.99 Å². The molecule has 0 aliphatic rings. The average molecular weight is 292 g/mol. The Hall–Kier alpha value is -2.08. The van der Waals surface area contributed by atoms with Crippen LogP contribution in [-0.2, 0) is 16.0 Å². The van der Waals surface area contributed by atoms with Crippen LogP contribution in [0.1, 0.15) is 5.56 Å². The molecule has 1 aromatic rings. The number of amides is 1. The van der Waals surface area contributed by atoms with Crippen molar-refractivity contribution < 1.29 is 9.53 Å². The van der Waals surface area contributed by atoms with Crippen LogP contribution in [0.15, 0.2) is 35.3 Å². The molecule has 21 heavy (non-hydrogen) atoms. The molecule has 0 atom stereocenters. The van der Waals surface area contributed by atoms with E-state index < -0.39 is 0 Å². The highest BCUT2D eigenvalue weighted by molar-refractivity contribution is 5.86. The van der Waals surface area contributed by atoms with E-state index >= 15 is 0 Å². The molecule has 0 radical (unpaired) electrons. The van der Waals surface area contributed by atoms with E-state index in [0.29, 0.717) is 25.7 Å². The normalized spacial score (nSPS) is 11.0. The summed E-state index contributed by atoms with van der Waals surface area (Å²) >= 11 is 0. The topological polar surface area (TPSA) is 74.8 Å². The van der Waals surface area contributed by atoms with Crippen LogP contribution in [0, 0.1) is 0 Å². The first-order valence-electron chi connectivity index (χ1n) is 7.00. The summed E-state index contributed by atoms with van der Waals surface area (Å²) in [5.74, 6) is 0.533. The van der Waals surface area contributed by atoms with Crippen molar-refractivity contribution in [3.05, 3.63) is 35.9 Å². The van der Waals surface area contributed by atoms with E-state index in [9.17, 15) is 4.79 Å². The minimum absolute atomic E-state index is 0.0550. The summed E-state index contributed by atoms with van der Waals surface area (Å²) in [7, 11) is 3.30. The van der Waals surface area contributed by atoms with E-state index in [1.165, 1.54) is 5.56 Å². The van der Waals surface area contributed by atoms with Crippen LogP contribution in [-0.4, -0.2) is 52.3 Å². The van der Waals surface area contributed by atoms with Crippen LogP contribution in [0.3, 0.4) is 0 Å². The van der Waals surface area contributed by atoms with Gasteiger partial charge in [0.05, 0.1) is 13.2 Å². The van der Waals surface area contributed by atoms with E-state index in [1.807, 2.05) is 30.3 Å². The van der Waals surface area contributed by atoms with Gasteiger partial charge in [0.15, 0.2) is 5.96 Å². The lowest BCUT2D eigenvalue weighted by molar-refractivity contribution is -0.119. The molecule has 1 amide bonds. The Bertz CT molecular complexity index is 435. The summed E-state index contributed by atoms with van der Waals surface area (Å²) in [5.41, 5.74) is 1.21. The highest BCUT2D eigenvalue weighted by Crippen LogP contribution is 1.97. The molecule has 0 aromatic heterocycles. The first-order chi connectivity index (χ1) is 10.3. The number of aliphatic imine (C=N–C) groups is 1. The fourth-order valence-electron chi connectivity index (χ4n) is 1.71. The van der Waals surface area contributed by atoms with Crippen LogP contribution in [0.2, 0.25) is 0 Å². The standard InChI is InChI=1S/C15H24N4O2/c1-16-15(18-10-11-21-2)19-12-14(20)17-9-8-13-6-4-3-5-7-13/h3-7H,8-12H2,1-2H3,(H,17,20)(H2,16,18,19). The monoisotopic (exact) mass is 292 g/mol. The molecule has 0 saturated heterocycles. The van der Waals surface area contributed by atoms with E-state index in [1.54, 1.807) is 14.2 Å². The summed E-state index contributed by atoms with van der Waals surface area (Å²) in [6.45, 7) is 2.05. The van der Waals surface area contributed by atoms with Gasteiger partial charge in [0.25, 0.3) is 0 Å². The molecule has 0 aliphatic heterocycles. The van der Waals surface area contributed by atoms with Gasteiger partial charge in [0.1, 0.15) is 0 Å². The SMILES string of the molecule is CN=C(NCCOC)NCC(=O)NCCc1ccccc1. The maximum atomic E-state index is 11.7. The maximum Gasteiger partial charge on any atom is 0.239 e. The number of ether oxygens (including phenoxy) is 1. The highest BCUT2D eigenvalue weighted by Gasteiger charge is 2.02. The molecule has 6 heteroatoms. The summed E-state index contributed by atoms with van der Waals surface area (Å²) in [6.07, 6.45) is 0.827. The van der Waals surface area contributed by atoms with Gasteiger partial charge < -0.3 is 20.7 Å². The second-order valence-corrected chi connectivity index (χ2v) is 4.43. The van der Waals surface area contributed by atoms with Crippen LogP contribution >= 0.6 is 0 Å². The number of hydrogen-bond donors (Lipinski definition) is 3. The van der Waals surface area contributed by atoms with Gasteiger partial charge in [-0.25, -0.2) is 0 Å². The van der Waals surface area contributed by atoms with E-state index in [2.05, 4.69) is 20.9 Å². The largest absolute Gasteiger partial charge is 0.383 e. The molecule has 3 N–H and O–H groups in total. The van der Waals surface area contributed by atoms with E-state index in [0.717, 1.165) is 6.42 Å². The molecule has 116 valence electrons. The number of guanidine groups is 1. The van der Waals surface area contributed by atoms with Crippen LogP contribution in [0.25, 0.3) is 0 Å². The smallest absolute Gasteiger partial charge is 0.239 e. The fraction of sp³-hybridized carbons (Fsp3) is 0.467. The Morgan fingerprint density at radius 1 is 1.14 bits per heavy atom. The molecule has 0 saturated carbocycles. The number of hydrogen-bond acceptors (Lipinski definition) is 3. The number of nitrogens with zero attached hydrogens (tertiary/aromatic N) is 1. The van der Waals surface area contributed by atoms with Crippen LogP contribution < -0.4 is 16.0 Å². The van der Waals surface area contributed by atoms with Gasteiger partial charge in [-0.3, -0.25) is 9.79 Å². The lowest BCUT2D eigenvalue weighted by Crippen LogP contribution is -2.44. The predicted octanol–water partition coefficient (Wildman–Crippen LogP) is 0.157. The Balaban J connectivity index is 2.15. The first-order valence-corrected chi connectivity index (χ1v) is 7.00. The quantitative estimate of drug-likeness (QED) is 0.362. The van der Waals surface area contributed by atoms with Crippen LogP contribution in [0.4, 0.5) is 0 Å². The number of carbonyl (C=O) groups is 1. The van der Waals surface area contributed by atoms with Gasteiger partial charge in [-0.15, -0.1) is 0 Å². The molecule has 0 spiro atoms. The van der Waals surface area contributed by atoms with Gasteiger partial charge in [-0.2, -0.15) is 0 Å². The molecule has 0 bridgehead atoms. The number of benzene rings is 1. The second-order valence-electron chi connectivity index (χ2n) is 4.43. The first kappa shape index (κ1) is 17.0. The molecular weight excluding hydrogens is 268 g/mol. The third kappa shape index (κ3) is 7.94. The van der Waals surface area contributed by atoms with E-state index in [-0.39, 0.29) is 12.5 Å². The molecule has 1 rings (SSSR count). The summed E-state index contributed by atoms with van der Waals surface area (Å²) in [4.78, 5) is 15.7. The summed E-state index contributed by atoms with van der Waals surface area (Å²) in [6, 6.07) is 10.1. The van der Waals surface area contributed by atoms with Crippen molar-refractivity contribution in [2.75, 3.05) is 40.4 Å². The Morgan fingerprint density at radius 3 is 2.57 bits per heavy atom.